The lowest BCUT2D eigenvalue weighted by Gasteiger charge is -2.14. The van der Waals surface area contributed by atoms with Crippen molar-refractivity contribution in [3.63, 3.8) is 0 Å². The first-order chi connectivity index (χ1) is 11.6. The lowest BCUT2D eigenvalue weighted by atomic mass is 10.1. The Morgan fingerprint density at radius 3 is 2.58 bits per heavy atom. The molecule has 130 valence electrons. The molecule has 0 bridgehead atoms. The predicted octanol–water partition coefficient (Wildman–Crippen LogP) is 3.08. The molecule has 7 nitrogen and oxygen atoms in total. The number of hydrogen-bond donors (Lipinski definition) is 0. The van der Waals surface area contributed by atoms with Crippen LogP contribution >= 0.6 is 0 Å². The first kappa shape index (κ1) is 15.8. The van der Waals surface area contributed by atoms with Crippen LogP contribution in [0.4, 0.5) is 0 Å². The van der Waals surface area contributed by atoms with E-state index in [0.717, 1.165) is 25.7 Å². The van der Waals surface area contributed by atoms with E-state index in [2.05, 4.69) is 10.1 Å². The molecule has 2 aliphatic rings. The highest BCUT2D eigenvalue weighted by Crippen LogP contribution is 2.35. The molecule has 2 aromatic heterocycles. The highest BCUT2D eigenvalue weighted by atomic mass is 32.2. The third kappa shape index (κ3) is 2.67. The lowest BCUT2D eigenvalue weighted by molar-refractivity contribution is 0.401. The van der Waals surface area contributed by atoms with Crippen molar-refractivity contribution in [2.45, 2.75) is 56.3 Å². The van der Waals surface area contributed by atoms with E-state index in [1.54, 1.807) is 6.92 Å². The molecule has 4 rings (SSSR count). The van der Waals surface area contributed by atoms with Crippen molar-refractivity contribution in [2.24, 2.45) is 0 Å². The van der Waals surface area contributed by atoms with Crippen molar-refractivity contribution in [3.05, 3.63) is 17.7 Å². The van der Waals surface area contributed by atoms with Crippen LogP contribution in [0.3, 0.4) is 0 Å². The van der Waals surface area contributed by atoms with Crippen molar-refractivity contribution in [3.8, 4) is 11.7 Å². The Balaban J connectivity index is 1.63. The van der Waals surface area contributed by atoms with Gasteiger partial charge < -0.3 is 8.94 Å². The predicted molar refractivity (Wildman–Crippen MR) is 85.9 cm³/mol. The molecule has 0 unspecified atom stereocenters. The van der Waals surface area contributed by atoms with Crippen LogP contribution in [0.15, 0.2) is 19.9 Å². The Kier molecular flexibility index (Phi) is 3.96. The van der Waals surface area contributed by atoms with Crippen molar-refractivity contribution >= 4 is 10.0 Å². The summed E-state index contributed by atoms with van der Waals surface area (Å²) in [5.74, 6) is 1.97. The maximum absolute atomic E-state index is 12.7. The van der Waals surface area contributed by atoms with Gasteiger partial charge in [-0.15, -0.1) is 0 Å². The third-order valence-electron chi connectivity index (χ3n) is 4.93. The average molecular weight is 351 g/mol. The molecule has 2 aromatic rings. The number of hydrogen-bond acceptors (Lipinski definition) is 6. The van der Waals surface area contributed by atoms with Crippen LogP contribution in [-0.4, -0.2) is 36.0 Å². The minimum atomic E-state index is -3.52. The Labute approximate surface area is 141 Å². The van der Waals surface area contributed by atoms with Crippen LogP contribution in [0.25, 0.3) is 11.7 Å². The molecule has 0 aromatic carbocycles. The smallest absolute Gasteiger partial charge is 0.293 e. The normalized spacial score (nSPS) is 20.2. The topological polar surface area (TPSA) is 89.4 Å². The van der Waals surface area contributed by atoms with Crippen molar-refractivity contribution in [2.75, 3.05) is 13.1 Å². The molecule has 3 heterocycles. The van der Waals surface area contributed by atoms with Gasteiger partial charge in [-0.3, -0.25) is 0 Å². The molecular weight excluding hydrogens is 330 g/mol. The van der Waals surface area contributed by atoms with Crippen LogP contribution < -0.4 is 0 Å². The van der Waals surface area contributed by atoms with Gasteiger partial charge in [0.1, 0.15) is 10.7 Å². The number of aryl methyl sites for hydroxylation is 1. The molecule has 0 radical (unpaired) electrons. The van der Waals surface area contributed by atoms with Gasteiger partial charge in [-0.25, -0.2) is 8.42 Å². The Morgan fingerprint density at radius 1 is 1.17 bits per heavy atom. The van der Waals surface area contributed by atoms with Crippen LogP contribution in [0, 0.1) is 6.92 Å². The first-order valence-corrected chi connectivity index (χ1v) is 9.94. The second kappa shape index (κ2) is 6.00. The standard InChI is InChI=1S/C16H21N3O4S/c1-11-14(24(20,21)19-8-4-5-9-19)10-13(22-11)16-17-15(18-23-16)12-6-2-3-7-12/h10,12H,2-9H2,1H3. The van der Waals surface area contributed by atoms with Gasteiger partial charge in [-0.05, 0) is 32.6 Å². The molecule has 0 N–H and O–H groups in total. The molecule has 0 spiro atoms. The van der Waals surface area contributed by atoms with Crippen LogP contribution in [0.5, 0.6) is 0 Å². The molecular formula is C16H21N3O4S. The van der Waals surface area contributed by atoms with Gasteiger partial charge in [-0.1, -0.05) is 18.0 Å². The Hall–Kier alpha value is -1.67. The van der Waals surface area contributed by atoms with E-state index >= 15 is 0 Å². The summed E-state index contributed by atoms with van der Waals surface area (Å²) < 4.78 is 37.9. The minimum Gasteiger partial charge on any atom is -0.455 e. The van der Waals surface area contributed by atoms with Gasteiger partial charge in [-0.2, -0.15) is 9.29 Å². The molecule has 1 aliphatic carbocycles. The number of nitrogens with zero attached hydrogens (tertiary/aromatic N) is 3. The number of sulfonamides is 1. The van der Waals surface area contributed by atoms with Gasteiger partial charge >= 0.3 is 0 Å². The van der Waals surface area contributed by atoms with E-state index in [1.165, 1.54) is 23.2 Å². The van der Waals surface area contributed by atoms with Gasteiger partial charge in [0, 0.05) is 25.1 Å². The second-order valence-electron chi connectivity index (χ2n) is 6.58. The molecule has 1 saturated heterocycles. The maximum Gasteiger partial charge on any atom is 0.293 e. The summed E-state index contributed by atoms with van der Waals surface area (Å²) in [6.45, 7) is 2.78. The van der Waals surface area contributed by atoms with Gasteiger partial charge in [0.05, 0.1) is 0 Å². The number of rotatable bonds is 4. The fourth-order valence-corrected chi connectivity index (χ4v) is 5.26. The molecule has 1 saturated carbocycles. The zero-order valence-corrected chi connectivity index (χ0v) is 14.5. The Bertz CT molecular complexity index is 827. The van der Waals surface area contributed by atoms with Crippen LogP contribution in [-0.2, 0) is 10.0 Å². The Morgan fingerprint density at radius 2 is 1.88 bits per heavy atom. The summed E-state index contributed by atoms with van der Waals surface area (Å²) in [4.78, 5) is 4.61. The highest BCUT2D eigenvalue weighted by molar-refractivity contribution is 7.89. The van der Waals surface area contributed by atoms with E-state index in [9.17, 15) is 8.42 Å². The second-order valence-corrected chi connectivity index (χ2v) is 8.49. The van der Waals surface area contributed by atoms with Gasteiger partial charge in [0.25, 0.3) is 5.89 Å². The van der Waals surface area contributed by atoms with Crippen molar-refractivity contribution in [1.29, 1.82) is 0 Å². The summed E-state index contributed by atoms with van der Waals surface area (Å²) in [6.07, 6.45) is 6.32. The molecule has 2 fully saturated rings. The fraction of sp³-hybridized carbons (Fsp3) is 0.625. The third-order valence-corrected chi connectivity index (χ3v) is 6.93. The number of furan rings is 1. The SMILES string of the molecule is Cc1oc(-c2nc(C3CCCC3)no2)cc1S(=O)(=O)N1CCCC1. The molecule has 24 heavy (non-hydrogen) atoms. The zero-order chi connectivity index (χ0) is 16.7. The average Bonchev–Trinajstić information content (AvgIpc) is 3.32. The quantitative estimate of drug-likeness (QED) is 0.841. The van der Waals surface area contributed by atoms with E-state index < -0.39 is 10.0 Å². The van der Waals surface area contributed by atoms with E-state index in [1.807, 2.05) is 0 Å². The van der Waals surface area contributed by atoms with Crippen molar-refractivity contribution < 1.29 is 17.4 Å². The fourth-order valence-electron chi connectivity index (χ4n) is 3.58. The molecule has 0 amide bonds. The largest absolute Gasteiger partial charge is 0.455 e. The first-order valence-electron chi connectivity index (χ1n) is 8.50. The number of aromatic nitrogens is 2. The summed E-state index contributed by atoms with van der Waals surface area (Å²) in [5, 5.41) is 4.05. The highest BCUT2D eigenvalue weighted by Gasteiger charge is 2.32. The summed E-state index contributed by atoms with van der Waals surface area (Å²) in [5.41, 5.74) is 0. The zero-order valence-electron chi connectivity index (χ0n) is 13.7. The minimum absolute atomic E-state index is 0.194. The maximum atomic E-state index is 12.7. The summed E-state index contributed by atoms with van der Waals surface area (Å²) in [7, 11) is -3.52. The van der Waals surface area contributed by atoms with E-state index in [0.29, 0.717) is 36.4 Å². The van der Waals surface area contributed by atoms with Gasteiger partial charge in [0.15, 0.2) is 11.6 Å². The van der Waals surface area contributed by atoms with Gasteiger partial charge in [0.2, 0.25) is 10.0 Å². The van der Waals surface area contributed by atoms with Crippen LogP contribution in [0.1, 0.15) is 56.0 Å². The van der Waals surface area contributed by atoms with E-state index in [-0.39, 0.29) is 10.8 Å². The van der Waals surface area contributed by atoms with Crippen molar-refractivity contribution in [1.82, 2.24) is 14.4 Å². The monoisotopic (exact) mass is 351 g/mol. The lowest BCUT2D eigenvalue weighted by Crippen LogP contribution is -2.27. The summed E-state index contributed by atoms with van der Waals surface area (Å²) >= 11 is 0. The molecule has 1 aliphatic heterocycles. The molecule has 0 atom stereocenters. The molecule has 8 heteroatoms. The van der Waals surface area contributed by atoms with Crippen LogP contribution in [0.2, 0.25) is 0 Å². The summed E-state index contributed by atoms with van der Waals surface area (Å²) in [6, 6.07) is 1.51. The van der Waals surface area contributed by atoms with E-state index in [4.69, 9.17) is 8.94 Å².